The highest BCUT2D eigenvalue weighted by molar-refractivity contribution is 6.02. The summed E-state index contributed by atoms with van der Waals surface area (Å²) in [4.78, 5) is 36.7. The quantitative estimate of drug-likeness (QED) is 0.802. The highest BCUT2D eigenvalue weighted by Crippen LogP contribution is 2.21. The summed E-state index contributed by atoms with van der Waals surface area (Å²) in [6.07, 6.45) is 0. The molecule has 0 atom stereocenters. The Bertz CT molecular complexity index is 869. The van der Waals surface area contributed by atoms with Crippen LogP contribution in [0.3, 0.4) is 0 Å². The molecular weight excluding hydrogens is 332 g/mol. The molecule has 1 fully saturated rings. The molecule has 1 aliphatic rings. The number of nitrogens with zero attached hydrogens (tertiary/aromatic N) is 2. The molecule has 26 heavy (non-hydrogen) atoms. The van der Waals surface area contributed by atoms with Crippen LogP contribution in [0.1, 0.15) is 27.3 Å². The van der Waals surface area contributed by atoms with E-state index >= 15 is 0 Å². The molecule has 2 heterocycles. The largest absolute Gasteiger partial charge is 0.350 e. The standard InChI is InChI=1S/C19H22N4O3/c1-12-5-4-6-15(9-12)23-13(2)10-16(14(23)3)18(25)20-7-8-22-17(24)11-21-19(22)26/h4-6,9-10H,7-8,11H2,1-3H3,(H,20,25)(H,21,26). The first-order valence-corrected chi connectivity index (χ1v) is 8.51. The predicted octanol–water partition coefficient (Wildman–Crippen LogP) is 1.68. The molecule has 0 aliphatic carbocycles. The van der Waals surface area contributed by atoms with Gasteiger partial charge in [-0.1, -0.05) is 12.1 Å². The molecule has 0 spiro atoms. The molecule has 0 bridgehead atoms. The van der Waals surface area contributed by atoms with Crippen LogP contribution in [-0.4, -0.2) is 46.9 Å². The minimum absolute atomic E-state index is 0.0183. The summed E-state index contributed by atoms with van der Waals surface area (Å²) in [6.45, 7) is 6.28. The van der Waals surface area contributed by atoms with Gasteiger partial charge in [0.05, 0.1) is 12.1 Å². The van der Waals surface area contributed by atoms with Crippen LogP contribution in [0, 0.1) is 20.8 Å². The highest BCUT2D eigenvalue weighted by atomic mass is 16.2. The van der Waals surface area contributed by atoms with Crippen molar-refractivity contribution in [1.29, 1.82) is 0 Å². The number of carbonyl (C=O) groups is 3. The topological polar surface area (TPSA) is 83.4 Å². The van der Waals surface area contributed by atoms with Crippen molar-refractivity contribution in [3.63, 3.8) is 0 Å². The smallest absolute Gasteiger partial charge is 0.324 e. The number of benzene rings is 1. The van der Waals surface area contributed by atoms with Gasteiger partial charge in [-0.3, -0.25) is 14.5 Å². The fourth-order valence-electron chi connectivity index (χ4n) is 3.22. The molecule has 1 saturated heterocycles. The summed E-state index contributed by atoms with van der Waals surface area (Å²) in [5.41, 5.74) is 4.56. The number of amides is 4. The van der Waals surface area contributed by atoms with Crippen LogP contribution in [0.15, 0.2) is 30.3 Å². The molecule has 3 rings (SSSR count). The van der Waals surface area contributed by atoms with Gasteiger partial charge in [0.1, 0.15) is 0 Å². The minimum Gasteiger partial charge on any atom is -0.350 e. The molecule has 7 nitrogen and oxygen atoms in total. The van der Waals surface area contributed by atoms with E-state index in [0.29, 0.717) is 5.56 Å². The van der Waals surface area contributed by atoms with E-state index in [1.807, 2.05) is 49.6 Å². The van der Waals surface area contributed by atoms with Crippen molar-refractivity contribution in [2.45, 2.75) is 20.8 Å². The predicted molar refractivity (Wildman–Crippen MR) is 97.4 cm³/mol. The number of urea groups is 1. The Kier molecular flexibility index (Phi) is 4.79. The fourth-order valence-corrected chi connectivity index (χ4v) is 3.22. The van der Waals surface area contributed by atoms with E-state index in [2.05, 4.69) is 16.7 Å². The van der Waals surface area contributed by atoms with Crippen molar-refractivity contribution >= 4 is 17.8 Å². The molecule has 0 unspecified atom stereocenters. The van der Waals surface area contributed by atoms with Crippen molar-refractivity contribution in [3.05, 3.63) is 52.8 Å². The maximum atomic E-state index is 12.5. The molecule has 4 amide bonds. The van der Waals surface area contributed by atoms with E-state index in [-0.39, 0.29) is 31.4 Å². The Balaban J connectivity index is 1.71. The first-order valence-electron chi connectivity index (χ1n) is 8.51. The molecule has 1 aliphatic heterocycles. The number of rotatable bonds is 5. The zero-order valence-electron chi connectivity index (χ0n) is 15.1. The van der Waals surface area contributed by atoms with Crippen LogP contribution in [0.5, 0.6) is 0 Å². The third-order valence-corrected chi connectivity index (χ3v) is 4.49. The lowest BCUT2D eigenvalue weighted by molar-refractivity contribution is -0.124. The Morgan fingerprint density at radius 1 is 1.19 bits per heavy atom. The average Bonchev–Trinajstić information content (AvgIpc) is 3.07. The van der Waals surface area contributed by atoms with Gasteiger partial charge in [-0.15, -0.1) is 0 Å². The van der Waals surface area contributed by atoms with E-state index in [4.69, 9.17) is 0 Å². The van der Waals surface area contributed by atoms with Crippen molar-refractivity contribution < 1.29 is 14.4 Å². The molecule has 1 aromatic heterocycles. The van der Waals surface area contributed by atoms with E-state index in [9.17, 15) is 14.4 Å². The Labute approximate surface area is 152 Å². The SMILES string of the molecule is Cc1cccc(-n2c(C)cc(C(=O)NCCN3C(=O)CNC3=O)c2C)c1. The molecule has 2 aromatic rings. The maximum Gasteiger partial charge on any atom is 0.324 e. The minimum atomic E-state index is -0.415. The third-order valence-electron chi connectivity index (χ3n) is 4.49. The maximum absolute atomic E-state index is 12.5. The van der Waals surface area contributed by atoms with E-state index < -0.39 is 6.03 Å². The zero-order valence-corrected chi connectivity index (χ0v) is 15.1. The summed E-state index contributed by atoms with van der Waals surface area (Å²) >= 11 is 0. The molecule has 0 radical (unpaired) electrons. The second-order valence-electron chi connectivity index (χ2n) is 6.42. The van der Waals surface area contributed by atoms with Crippen LogP contribution in [-0.2, 0) is 4.79 Å². The normalized spacial score (nSPS) is 13.9. The van der Waals surface area contributed by atoms with Crippen molar-refractivity contribution in [2.24, 2.45) is 0 Å². The van der Waals surface area contributed by atoms with Gasteiger partial charge in [0.25, 0.3) is 5.91 Å². The zero-order chi connectivity index (χ0) is 18.8. The second-order valence-corrected chi connectivity index (χ2v) is 6.42. The summed E-state index contributed by atoms with van der Waals surface area (Å²) in [6, 6.07) is 9.52. The number of imide groups is 1. The lowest BCUT2D eigenvalue weighted by Gasteiger charge is -2.13. The number of carbonyl (C=O) groups excluding carboxylic acids is 3. The molecule has 0 saturated carbocycles. The van der Waals surface area contributed by atoms with Gasteiger partial charge in [0.15, 0.2) is 0 Å². The number of aryl methyl sites for hydroxylation is 2. The van der Waals surface area contributed by atoms with Crippen molar-refractivity contribution in [2.75, 3.05) is 19.6 Å². The Hall–Kier alpha value is -3.09. The lowest BCUT2D eigenvalue weighted by atomic mass is 10.2. The van der Waals surface area contributed by atoms with Gasteiger partial charge in [0, 0.05) is 30.2 Å². The van der Waals surface area contributed by atoms with Crippen LogP contribution >= 0.6 is 0 Å². The highest BCUT2D eigenvalue weighted by Gasteiger charge is 2.28. The lowest BCUT2D eigenvalue weighted by Crippen LogP contribution is -2.38. The number of aromatic nitrogens is 1. The van der Waals surface area contributed by atoms with E-state index in [1.165, 1.54) is 0 Å². The first kappa shape index (κ1) is 17.7. The van der Waals surface area contributed by atoms with Crippen LogP contribution in [0.2, 0.25) is 0 Å². The van der Waals surface area contributed by atoms with E-state index in [0.717, 1.165) is 27.5 Å². The summed E-state index contributed by atoms with van der Waals surface area (Å²) in [5.74, 6) is -0.495. The number of nitrogens with one attached hydrogen (secondary N) is 2. The molecule has 2 N–H and O–H groups in total. The van der Waals surface area contributed by atoms with Gasteiger partial charge in [0.2, 0.25) is 5.91 Å². The number of hydrogen-bond acceptors (Lipinski definition) is 3. The van der Waals surface area contributed by atoms with Crippen molar-refractivity contribution in [1.82, 2.24) is 20.1 Å². The molecular formula is C19H22N4O3. The van der Waals surface area contributed by atoms with Gasteiger partial charge in [-0.25, -0.2) is 4.79 Å². The van der Waals surface area contributed by atoms with Gasteiger partial charge in [-0.2, -0.15) is 0 Å². The summed E-state index contributed by atoms with van der Waals surface area (Å²) < 4.78 is 2.04. The molecule has 7 heteroatoms. The van der Waals surface area contributed by atoms with Crippen LogP contribution in [0.25, 0.3) is 5.69 Å². The van der Waals surface area contributed by atoms with Crippen LogP contribution < -0.4 is 10.6 Å². The monoisotopic (exact) mass is 354 g/mol. The summed E-state index contributed by atoms with van der Waals surface area (Å²) in [7, 11) is 0. The number of hydrogen-bond donors (Lipinski definition) is 2. The second kappa shape index (κ2) is 7.03. The van der Waals surface area contributed by atoms with Gasteiger partial charge in [-0.05, 0) is 44.5 Å². The molecule has 1 aromatic carbocycles. The van der Waals surface area contributed by atoms with Gasteiger partial charge < -0.3 is 15.2 Å². The third kappa shape index (κ3) is 3.33. The Morgan fingerprint density at radius 3 is 2.62 bits per heavy atom. The average molecular weight is 354 g/mol. The first-order chi connectivity index (χ1) is 12.4. The van der Waals surface area contributed by atoms with Crippen molar-refractivity contribution in [3.8, 4) is 5.69 Å². The van der Waals surface area contributed by atoms with Gasteiger partial charge >= 0.3 is 6.03 Å². The fraction of sp³-hybridized carbons (Fsp3) is 0.316. The van der Waals surface area contributed by atoms with Crippen LogP contribution in [0.4, 0.5) is 4.79 Å². The summed E-state index contributed by atoms with van der Waals surface area (Å²) in [5, 5.41) is 5.24. The molecule has 136 valence electrons. The van der Waals surface area contributed by atoms with E-state index in [1.54, 1.807) is 0 Å². The Morgan fingerprint density at radius 2 is 1.96 bits per heavy atom.